The van der Waals surface area contributed by atoms with E-state index >= 15 is 0 Å². The molecule has 0 aliphatic heterocycles. The minimum atomic E-state index is 0.755. The van der Waals surface area contributed by atoms with Crippen LogP contribution in [-0.2, 0) is 0 Å². The summed E-state index contributed by atoms with van der Waals surface area (Å²) in [5.41, 5.74) is 3.15. The third-order valence-electron chi connectivity index (χ3n) is 2.50. The summed E-state index contributed by atoms with van der Waals surface area (Å²) in [7, 11) is 0. The topological polar surface area (TPSA) is 21.6 Å². The fourth-order valence-electron chi connectivity index (χ4n) is 1.45. The van der Waals surface area contributed by atoms with Gasteiger partial charge in [0.2, 0.25) is 0 Å². The minimum absolute atomic E-state index is 0.755. The molecule has 2 heteroatoms. The Labute approximate surface area is 102 Å². The lowest BCUT2D eigenvalue weighted by Crippen LogP contribution is -1.97. The summed E-state index contributed by atoms with van der Waals surface area (Å²) in [5.74, 6) is 0.755. The van der Waals surface area contributed by atoms with Crippen LogP contribution in [0.1, 0.15) is 18.1 Å². The van der Waals surface area contributed by atoms with Crippen molar-refractivity contribution in [3.05, 3.63) is 65.7 Å². The van der Waals surface area contributed by atoms with Crippen molar-refractivity contribution in [2.45, 2.75) is 13.8 Å². The lowest BCUT2D eigenvalue weighted by Gasteiger charge is -2.02. The summed E-state index contributed by atoms with van der Waals surface area (Å²) < 4.78 is 0. The number of benzene rings is 2. The van der Waals surface area contributed by atoms with Crippen LogP contribution in [0.4, 0.5) is 0 Å². The van der Waals surface area contributed by atoms with E-state index in [4.69, 9.17) is 4.84 Å². The molecule has 0 aliphatic carbocycles. The van der Waals surface area contributed by atoms with Crippen LogP contribution in [0.25, 0.3) is 0 Å². The second kappa shape index (κ2) is 5.30. The van der Waals surface area contributed by atoms with Crippen molar-refractivity contribution in [3.8, 4) is 5.75 Å². The van der Waals surface area contributed by atoms with Gasteiger partial charge in [0.15, 0.2) is 5.75 Å². The van der Waals surface area contributed by atoms with Gasteiger partial charge in [-0.05, 0) is 31.5 Å². The molecule has 0 heterocycles. The molecule has 0 saturated heterocycles. The summed E-state index contributed by atoms with van der Waals surface area (Å²) in [4.78, 5) is 5.37. The molecular weight excluding hydrogens is 210 g/mol. The van der Waals surface area contributed by atoms with Gasteiger partial charge in [0.1, 0.15) is 0 Å². The largest absolute Gasteiger partial charge is 0.357 e. The lowest BCUT2D eigenvalue weighted by molar-refractivity contribution is 0.341. The third-order valence-corrected chi connectivity index (χ3v) is 2.50. The molecule has 0 aromatic heterocycles. The van der Waals surface area contributed by atoms with Gasteiger partial charge in [-0.2, -0.15) is 0 Å². The fourth-order valence-corrected chi connectivity index (χ4v) is 1.45. The highest BCUT2D eigenvalue weighted by molar-refractivity contribution is 5.98. The first kappa shape index (κ1) is 11.4. The Bertz CT molecular complexity index is 500. The molecule has 2 aromatic rings. The molecule has 0 N–H and O–H groups in total. The van der Waals surface area contributed by atoms with Crippen molar-refractivity contribution in [1.82, 2.24) is 0 Å². The Morgan fingerprint density at radius 3 is 2.24 bits per heavy atom. The second-order valence-corrected chi connectivity index (χ2v) is 3.95. The predicted molar refractivity (Wildman–Crippen MR) is 70.5 cm³/mol. The maximum Gasteiger partial charge on any atom is 0.157 e. The number of hydrogen-bond donors (Lipinski definition) is 0. The number of oxime groups is 1. The molecule has 17 heavy (non-hydrogen) atoms. The van der Waals surface area contributed by atoms with Crippen LogP contribution in [0.15, 0.2) is 59.8 Å². The van der Waals surface area contributed by atoms with Crippen LogP contribution in [-0.4, -0.2) is 5.71 Å². The average molecular weight is 225 g/mol. The van der Waals surface area contributed by atoms with E-state index in [2.05, 4.69) is 5.16 Å². The SMILES string of the molecule is C/C(=N/Oc1ccc(C)cc1)c1ccccc1. The predicted octanol–water partition coefficient (Wildman–Crippen LogP) is 3.80. The van der Waals surface area contributed by atoms with E-state index < -0.39 is 0 Å². The summed E-state index contributed by atoms with van der Waals surface area (Å²) in [6, 6.07) is 17.8. The van der Waals surface area contributed by atoms with E-state index in [9.17, 15) is 0 Å². The molecule has 2 rings (SSSR count). The monoisotopic (exact) mass is 225 g/mol. The zero-order chi connectivity index (χ0) is 12.1. The Morgan fingerprint density at radius 2 is 1.59 bits per heavy atom. The van der Waals surface area contributed by atoms with E-state index in [0.717, 1.165) is 17.0 Å². The summed E-state index contributed by atoms with van der Waals surface area (Å²) in [6.45, 7) is 3.98. The van der Waals surface area contributed by atoms with Crippen LogP contribution in [0.5, 0.6) is 5.75 Å². The third kappa shape index (κ3) is 3.18. The Morgan fingerprint density at radius 1 is 0.941 bits per heavy atom. The molecule has 86 valence electrons. The van der Waals surface area contributed by atoms with Gasteiger partial charge in [0.05, 0.1) is 5.71 Å². The van der Waals surface area contributed by atoms with Crippen molar-refractivity contribution < 1.29 is 4.84 Å². The molecule has 2 nitrogen and oxygen atoms in total. The van der Waals surface area contributed by atoms with Crippen molar-refractivity contribution >= 4 is 5.71 Å². The second-order valence-electron chi connectivity index (χ2n) is 3.95. The summed E-state index contributed by atoms with van der Waals surface area (Å²) in [6.07, 6.45) is 0. The maximum absolute atomic E-state index is 5.37. The number of rotatable bonds is 3. The molecule has 0 unspecified atom stereocenters. The quantitative estimate of drug-likeness (QED) is 0.575. The average Bonchev–Trinajstić information content (AvgIpc) is 2.39. The van der Waals surface area contributed by atoms with Gasteiger partial charge in [-0.1, -0.05) is 53.2 Å². The molecule has 0 amide bonds. The lowest BCUT2D eigenvalue weighted by atomic mass is 10.1. The zero-order valence-corrected chi connectivity index (χ0v) is 10.1. The van der Waals surface area contributed by atoms with Crippen LogP contribution < -0.4 is 4.84 Å². The van der Waals surface area contributed by atoms with E-state index in [-0.39, 0.29) is 0 Å². The van der Waals surface area contributed by atoms with E-state index in [0.29, 0.717) is 0 Å². The molecule has 0 spiro atoms. The van der Waals surface area contributed by atoms with E-state index in [1.54, 1.807) is 0 Å². The molecule has 0 fully saturated rings. The molecule has 2 aromatic carbocycles. The summed E-state index contributed by atoms with van der Waals surface area (Å²) >= 11 is 0. The number of aryl methyl sites for hydroxylation is 1. The van der Waals surface area contributed by atoms with Gasteiger partial charge >= 0.3 is 0 Å². The molecule has 0 atom stereocenters. The fraction of sp³-hybridized carbons (Fsp3) is 0.133. The van der Waals surface area contributed by atoms with Crippen molar-refractivity contribution in [2.75, 3.05) is 0 Å². The van der Waals surface area contributed by atoms with Gasteiger partial charge in [0.25, 0.3) is 0 Å². The standard InChI is InChI=1S/C15H15NO/c1-12-8-10-15(11-9-12)17-16-13(2)14-6-4-3-5-7-14/h3-11H,1-2H3/b16-13-. The molecule has 0 aliphatic rings. The summed E-state index contributed by atoms with van der Waals surface area (Å²) in [5, 5.41) is 4.11. The van der Waals surface area contributed by atoms with Crippen LogP contribution in [0.3, 0.4) is 0 Å². The first-order valence-corrected chi connectivity index (χ1v) is 5.59. The molecule has 0 bridgehead atoms. The van der Waals surface area contributed by atoms with Gasteiger partial charge in [-0.15, -0.1) is 0 Å². The highest BCUT2D eigenvalue weighted by Crippen LogP contribution is 2.12. The molecule has 0 radical (unpaired) electrons. The van der Waals surface area contributed by atoms with Gasteiger partial charge in [0, 0.05) is 0 Å². The van der Waals surface area contributed by atoms with Gasteiger partial charge < -0.3 is 4.84 Å². The first-order chi connectivity index (χ1) is 8.25. The molecule has 0 saturated carbocycles. The van der Waals surface area contributed by atoms with Crippen LogP contribution in [0, 0.1) is 6.92 Å². The normalized spacial score (nSPS) is 11.3. The van der Waals surface area contributed by atoms with Crippen LogP contribution >= 0.6 is 0 Å². The van der Waals surface area contributed by atoms with Crippen molar-refractivity contribution in [2.24, 2.45) is 5.16 Å². The van der Waals surface area contributed by atoms with Crippen molar-refractivity contribution in [3.63, 3.8) is 0 Å². The maximum atomic E-state index is 5.37. The highest BCUT2D eigenvalue weighted by Gasteiger charge is 1.97. The van der Waals surface area contributed by atoms with Crippen LogP contribution in [0.2, 0.25) is 0 Å². The Balaban J connectivity index is 2.08. The van der Waals surface area contributed by atoms with Crippen molar-refractivity contribution in [1.29, 1.82) is 0 Å². The Hall–Kier alpha value is -2.09. The van der Waals surface area contributed by atoms with Gasteiger partial charge in [-0.3, -0.25) is 0 Å². The molecular formula is C15H15NO. The first-order valence-electron chi connectivity index (χ1n) is 5.59. The van der Waals surface area contributed by atoms with E-state index in [1.165, 1.54) is 5.56 Å². The zero-order valence-electron chi connectivity index (χ0n) is 10.1. The van der Waals surface area contributed by atoms with E-state index in [1.807, 2.05) is 68.4 Å². The smallest absolute Gasteiger partial charge is 0.157 e. The van der Waals surface area contributed by atoms with Gasteiger partial charge in [-0.25, -0.2) is 0 Å². The minimum Gasteiger partial charge on any atom is -0.357 e. The highest BCUT2D eigenvalue weighted by atomic mass is 16.6. The number of hydrogen-bond acceptors (Lipinski definition) is 2. The number of nitrogens with zero attached hydrogens (tertiary/aromatic N) is 1. The Kier molecular flexibility index (Phi) is 3.55.